The summed E-state index contributed by atoms with van der Waals surface area (Å²) in [5.74, 6) is -0.0456. The molecule has 1 N–H and O–H groups in total. The van der Waals surface area contributed by atoms with Crippen LogP contribution in [0, 0.1) is 0 Å². The lowest BCUT2D eigenvalue weighted by atomic mass is 10.3. The van der Waals surface area contributed by atoms with Gasteiger partial charge in [-0.2, -0.15) is 5.10 Å². The molecule has 1 fully saturated rings. The molecule has 0 aromatic heterocycles. The lowest BCUT2D eigenvalue weighted by Crippen LogP contribution is -2.24. The van der Waals surface area contributed by atoms with Crippen LogP contribution in [0.1, 0.15) is 33.6 Å². The van der Waals surface area contributed by atoms with Gasteiger partial charge in [-0.25, -0.2) is 0 Å². The van der Waals surface area contributed by atoms with Gasteiger partial charge in [-0.05, 0) is 39.7 Å². The minimum Gasteiger partial charge on any atom is -0.503 e. The highest BCUT2D eigenvalue weighted by Crippen LogP contribution is 2.20. The first-order valence-corrected chi connectivity index (χ1v) is 6.49. The molecule has 0 unspecified atom stereocenters. The summed E-state index contributed by atoms with van der Waals surface area (Å²) in [6, 6.07) is 0. The molecule has 1 rings (SSSR count). The van der Waals surface area contributed by atoms with E-state index in [4.69, 9.17) is 4.74 Å². The molecular weight excluding hydrogens is 254 g/mol. The molecule has 0 aromatic rings. The minimum atomic E-state index is -0.0456. The van der Waals surface area contributed by atoms with Crippen molar-refractivity contribution < 1.29 is 9.53 Å². The third kappa shape index (κ3) is 6.22. The van der Waals surface area contributed by atoms with E-state index < -0.39 is 0 Å². The number of ether oxygens (including phenoxy) is 1. The Balaban J connectivity index is 0.000000396. The van der Waals surface area contributed by atoms with Gasteiger partial charge in [-0.15, -0.1) is 0 Å². The van der Waals surface area contributed by atoms with E-state index in [0.29, 0.717) is 0 Å². The molecule has 0 spiro atoms. The lowest BCUT2D eigenvalue weighted by molar-refractivity contribution is -0.123. The number of allylic oxidation sites excluding steroid dienone is 3. The molecule has 1 amide bonds. The number of likely N-dealkylation sites (tertiary alicyclic amines) is 1. The number of hydrazone groups is 1. The molecule has 0 atom stereocenters. The maximum absolute atomic E-state index is 11.2. The van der Waals surface area contributed by atoms with Gasteiger partial charge in [-0.1, -0.05) is 12.2 Å². The second-order valence-corrected chi connectivity index (χ2v) is 4.54. The predicted molar refractivity (Wildman–Crippen MR) is 83.0 cm³/mol. The standard InChI is InChI=1S/C9H13NO2.C6H12N2/c1-3-9(11)10-6-4-5-8(10)7-12-2;1-5(2)6(3)8-7-4/h3,7H,1,4-6H2,2H3;8H,4H2,1-3H3/b8-7+;. The highest BCUT2D eigenvalue weighted by Gasteiger charge is 2.21. The number of hydrogen-bond acceptors (Lipinski definition) is 4. The molecule has 5 nitrogen and oxygen atoms in total. The zero-order valence-electron chi connectivity index (χ0n) is 12.9. The Labute approximate surface area is 121 Å². The second-order valence-electron chi connectivity index (χ2n) is 4.54. The number of amides is 1. The number of carbonyl (C=O) groups is 1. The van der Waals surface area contributed by atoms with Gasteiger partial charge in [0.2, 0.25) is 5.91 Å². The van der Waals surface area contributed by atoms with E-state index in [1.165, 1.54) is 11.6 Å². The Morgan fingerprint density at radius 2 is 2.10 bits per heavy atom. The molecule has 5 heteroatoms. The van der Waals surface area contributed by atoms with Gasteiger partial charge >= 0.3 is 0 Å². The van der Waals surface area contributed by atoms with Crippen molar-refractivity contribution in [3.63, 3.8) is 0 Å². The zero-order chi connectivity index (χ0) is 15.5. The normalized spacial score (nSPS) is 15.0. The van der Waals surface area contributed by atoms with E-state index >= 15 is 0 Å². The fourth-order valence-electron chi connectivity index (χ4n) is 1.55. The van der Waals surface area contributed by atoms with E-state index in [-0.39, 0.29) is 5.91 Å². The lowest BCUT2D eigenvalue weighted by Gasteiger charge is -2.14. The fourth-order valence-corrected chi connectivity index (χ4v) is 1.55. The van der Waals surface area contributed by atoms with Crippen molar-refractivity contribution in [2.24, 2.45) is 5.10 Å². The smallest absolute Gasteiger partial charge is 0.250 e. The van der Waals surface area contributed by atoms with Gasteiger partial charge in [0.1, 0.15) is 6.26 Å². The maximum atomic E-state index is 11.2. The summed E-state index contributed by atoms with van der Waals surface area (Å²) >= 11 is 0. The molecule has 1 saturated heterocycles. The number of carbonyl (C=O) groups excluding carboxylic acids is 1. The molecule has 0 bridgehead atoms. The third-order valence-electron chi connectivity index (χ3n) is 2.85. The maximum Gasteiger partial charge on any atom is 0.250 e. The fraction of sp³-hybridized carbons (Fsp3) is 0.467. The Bertz CT molecular complexity index is 407. The number of rotatable bonds is 4. The molecular formula is C15H25N3O2. The number of hydrogen-bond donors (Lipinski definition) is 1. The van der Waals surface area contributed by atoms with E-state index in [1.54, 1.807) is 18.3 Å². The topological polar surface area (TPSA) is 53.9 Å². The van der Waals surface area contributed by atoms with Crippen LogP contribution in [0.4, 0.5) is 0 Å². The molecule has 0 radical (unpaired) electrons. The van der Waals surface area contributed by atoms with E-state index in [9.17, 15) is 4.79 Å². The van der Waals surface area contributed by atoms with Crippen LogP contribution in [-0.4, -0.2) is 31.2 Å². The van der Waals surface area contributed by atoms with Gasteiger partial charge < -0.3 is 9.64 Å². The minimum absolute atomic E-state index is 0.0456. The molecule has 20 heavy (non-hydrogen) atoms. The van der Waals surface area contributed by atoms with Crippen molar-refractivity contribution in [2.75, 3.05) is 13.7 Å². The van der Waals surface area contributed by atoms with Gasteiger partial charge in [-0.3, -0.25) is 10.2 Å². The average molecular weight is 279 g/mol. The SMILES string of the molecule is C=CC(=O)N1CCC/C1=C\OC.C=NNC(C)=C(C)C. The van der Waals surface area contributed by atoms with Crippen LogP contribution in [0.25, 0.3) is 0 Å². The van der Waals surface area contributed by atoms with Crippen LogP contribution in [-0.2, 0) is 9.53 Å². The van der Waals surface area contributed by atoms with Crippen LogP contribution in [0.2, 0.25) is 0 Å². The average Bonchev–Trinajstić information content (AvgIpc) is 2.87. The molecule has 1 aliphatic rings. The van der Waals surface area contributed by atoms with Crippen molar-refractivity contribution in [1.29, 1.82) is 0 Å². The van der Waals surface area contributed by atoms with Crippen LogP contribution in [0.5, 0.6) is 0 Å². The molecule has 1 aliphatic heterocycles. The second kappa shape index (κ2) is 9.83. The van der Waals surface area contributed by atoms with E-state index in [1.807, 2.05) is 20.8 Å². The summed E-state index contributed by atoms with van der Waals surface area (Å²) in [6.45, 7) is 13.5. The summed E-state index contributed by atoms with van der Waals surface area (Å²) in [5, 5.41) is 3.50. The highest BCUT2D eigenvalue weighted by molar-refractivity contribution is 5.88. The van der Waals surface area contributed by atoms with Gasteiger partial charge in [0.05, 0.1) is 12.8 Å². The quantitative estimate of drug-likeness (QED) is 0.372. The van der Waals surface area contributed by atoms with Crippen LogP contribution in [0.15, 0.2) is 41.0 Å². The summed E-state index contributed by atoms with van der Waals surface area (Å²) in [7, 11) is 1.59. The summed E-state index contributed by atoms with van der Waals surface area (Å²) in [6.07, 6.45) is 4.87. The summed E-state index contributed by atoms with van der Waals surface area (Å²) < 4.78 is 4.86. The number of nitrogens with zero attached hydrogens (tertiary/aromatic N) is 2. The molecule has 0 saturated carbocycles. The van der Waals surface area contributed by atoms with Crippen molar-refractivity contribution in [1.82, 2.24) is 10.3 Å². The van der Waals surface area contributed by atoms with Crippen molar-refractivity contribution in [3.8, 4) is 0 Å². The molecule has 1 heterocycles. The third-order valence-corrected chi connectivity index (χ3v) is 2.85. The zero-order valence-corrected chi connectivity index (χ0v) is 12.9. The monoisotopic (exact) mass is 279 g/mol. The largest absolute Gasteiger partial charge is 0.503 e. The molecule has 112 valence electrons. The molecule has 0 aliphatic carbocycles. The number of methoxy groups -OCH3 is 1. The highest BCUT2D eigenvalue weighted by atomic mass is 16.5. The van der Waals surface area contributed by atoms with Crippen LogP contribution >= 0.6 is 0 Å². The first-order valence-electron chi connectivity index (χ1n) is 6.49. The van der Waals surface area contributed by atoms with Crippen LogP contribution in [0.3, 0.4) is 0 Å². The van der Waals surface area contributed by atoms with Gasteiger partial charge in [0.25, 0.3) is 0 Å². The summed E-state index contributed by atoms with van der Waals surface area (Å²) in [5.41, 5.74) is 5.99. The van der Waals surface area contributed by atoms with Gasteiger partial charge in [0, 0.05) is 19.0 Å². The Kier molecular flexibility index (Phi) is 8.83. The first kappa shape index (κ1) is 18.0. The molecule has 0 aromatic carbocycles. The van der Waals surface area contributed by atoms with Crippen molar-refractivity contribution >= 4 is 12.6 Å². The Morgan fingerprint density at radius 3 is 2.50 bits per heavy atom. The number of nitrogens with one attached hydrogen (secondary N) is 1. The van der Waals surface area contributed by atoms with E-state index in [0.717, 1.165) is 30.8 Å². The van der Waals surface area contributed by atoms with Crippen molar-refractivity contribution in [2.45, 2.75) is 33.6 Å². The van der Waals surface area contributed by atoms with Crippen molar-refractivity contribution in [3.05, 3.63) is 35.9 Å². The van der Waals surface area contributed by atoms with E-state index in [2.05, 4.69) is 23.8 Å². The summed E-state index contributed by atoms with van der Waals surface area (Å²) in [4.78, 5) is 12.9. The van der Waals surface area contributed by atoms with Gasteiger partial charge in [0.15, 0.2) is 0 Å². The predicted octanol–water partition coefficient (Wildman–Crippen LogP) is 2.79. The van der Waals surface area contributed by atoms with Crippen LogP contribution < -0.4 is 5.43 Å². The Morgan fingerprint density at radius 1 is 1.45 bits per heavy atom. The first-order chi connectivity index (χ1) is 9.47. The Hall–Kier alpha value is -2.04.